The molecule has 0 radical (unpaired) electrons. The summed E-state index contributed by atoms with van der Waals surface area (Å²) in [4.78, 5) is 16.8. The van der Waals surface area contributed by atoms with Crippen LogP contribution in [0.25, 0.3) is 0 Å². The molecule has 1 saturated heterocycles. The number of nitrogens with zero attached hydrogens (tertiary/aromatic N) is 2. The number of likely N-dealkylation sites (N-methyl/N-ethyl adjacent to an activating group) is 1. The normalized spacial score (nSPS) is 19.2. The van der Waals surface area contributed by atoms with Crippen LogP contribution in [0, 0.1) is 11.3 Å². The van der Waals surface area contributed by atoms with Gasteiger partial charge in [0.1, 0.15) is 38.3 Å². The largest absolute Gasteiger partial charge is 0.493 e. The van der Waals surface area contributed by atoms with Gasteiger partial charge >= 0.3 is 0 Å². The molecule has 0 aromatic heterocycles. The van der Waals surface area contributed by atoms with Crippen molar-refractivity contribution in [2.45, 2.75) is 25.9 Å². The third-order valence-corrected chi connectivity index (χ3v) is 5.78. The number of piperazine rings is 1. The molecule has 1 aliphatic rings. The van der Waals surface area contributed by atoms with Crippen molar-refractivity contribution in [3.63, 3.8) is 0 Å². The van der Waals surface area contributed by atoms with E-state index in [4.69, 9.17) is 14.2 Å². The van der Waals surface area contributed by atoms with Crippen molar-refractivity contribution in [1.82, 2.24) is 4.90 Å². The number of carbonyl (C=O) groups is 1. The molecule has 0 atom stereocenters. The third kappa shape index (κ3) is 5.31. The fourth-order valence-corrected chi connectivity index (χ4v) is 3.60. The van der Waals surface area contributed by atoms with Crippen molar-refractivity contribution in [1.29, 1.82) is 5.26 Å². The van der Waals surface area contributed by atoms with Crippen molar-refractivity contribution in [3.05, 3.63) is 17.7 Å². The summed E-state index contributed by atoms with van der Waals surface area (Å²) in [6.45, 7) is 8.53. The Labute approximate surface area is 173 Å². The van der Waals surface area contributed by atoms with Crippen LogP contribution in [0.2, 0.25) is 0 Å². The van der Waals surface area contributed by atoms with Gasteiger partial charge in [0.15, 0.2) is 18.0 Å². The summed E-state index contributed by atoms with van der Waals surface area (Å²) < 4.78 is 16.4. The quantitative estimate of drug-likeness (QED) is 0.564. The summed E-state index contributed by atoms with van der Waals surface area (Å²) in [5.41, 5.74) is 0.295. The van der Waals surface area contributed by atoms with Crippen LogP contribution in [0.15, 0.2) is 12.1 Å². The summed E-state index contributed by atoms with van der Waals surface area (Å²) in [5.74, 6) is 1.99. The highest BCUT2D eigenvalue weighted by molar-refractivity contribution is 5.78. The molecule has 29 heavy (non-hydrogen) atoms. The maximum Gasteiger partial charge on any atom is 0.278 e. The molecule has 0 saturated carbocycles. The fourth-order valence-electron chi connectivity index (χ4n) is 3.60. The summed E-state index contributed by atoms with van der Waals surface area (Å²) in [6, 6.07) is 6.11. The van der Waals surface area contributed by atoms with Crippen LogP contribution in [0.4, 0.5) is 0 Å². The first-order chi connectivity index (χ1) is 13.8. The number of rotatable bonds is 8. The molecular weight excluding hydrogens is 372 g/mol. The average molecular weight is 407 g/mol. The molecule has 0 bridgehead atoms. The first kappa shape index (κ1) is 22.8. The lowest BCUT2D eigenvalue weighted by Gasteiger charge is -2.33. The second-order valence-corrected chi connectivity index (χ2v) is 7.97. The van der Waals surface area contributed by atoms with E-state index in [9.17, 15) is 10.1 Å². The maximum absolute atomic E-state index is 12.5. The SMILES string of the molecule is COc1ccc(C[NH+]2CC[NH+](CC(=O)N(C)C(C)(C)C#N)CC2)c(OC)c1OC. The number of amides is 1. The Morgan fingerprint density at radius 2 is 1.66 bits per heavy atom. The lowest BCUT2D eigenvalue weighted by molar-refractivity contribution is -1.02. The summed E-state index contributed by atoms with van der Waals surface area (Å²) in [6.07, 6.45) is 0. The zero-order valence-corrected chi connectivity index (χ0v) is 18.4. The van der Waals surface area contributed by atoms with Gasteiger partial charge in [-0.05, 0) is 26.0 Å². The fraction of sp³-hybridized carbons (Fsp3) is 0.619. The highest BCUT2D eigenvalue weighted by Crippen LogP contribution is 2.39. The second kappa shape index (κ2) is 9.81. The van der Waals surface area contributed by atoms with Gasteiger partial charge in [0.05, 0.1) is 33.0 Å². The monoisotopic (exact) mass is 406 g/mol. The first-order valence-electron chi connectivity index (χ1n) is 9.90. The number of hydrogen-bond acceptors (Lipinski definition) is 5. The van der Waals surface area contributed by atoms with Gasteiger partial charge in [-0.2, -0.15) is 5.26 Å². The van der Waals surface area contributed by atoms with Gasteiger partial charge in [0, 0.05) is 7.05 Å². The Morgan fingerprint density at radius 1 is 1.07 bits per heavy atom. The Kier molecular flexibility index (Phi) is 7.71. The predicted molar refractivity (Wildman–Crippen MR) is 109 cm³/mol. The van der Waals surface area contributed by atoms with Crippen LogP contribution in [0.1, 0.15) is 19.4 Å². The van der Waals surface area contributed by atoms with Gasteiger partial charge in [-0.25, -0.2) is 0 Å². The van der Waals surface area contributed by atoms with Crippen LogP contribution in [0.5, 0.6) is 17.2 Å². The highest BCUT2D eigenvalue weighted by atomic mass is 16.5. The van der Waals surface area contributed by atoms with Gasteiger partial charge in [-0.1, -0.05) is 0 Å². The molecule has 1 amide bonds. The second-order valence-electron chi connectivity index (χ2n) is 7.97. The van der Waals surface area contributed by atoms with Crippen molar-refractivity contribution >= 4 is 5.91 Å². The lowest BCUT2D eigenvalue weighted by Crippen LogP contribution is -3.28. The van der Waals surface area contributed by atoms with Crippen LogP contribution < -0.4 is 24.0 Å². The van der Waals surface area contributed by atoms with Gasteiger partial charge < -0.3 is 28.9 Å². The first-order valence-corrected chi connectivity index (χ1v) is 9.90. The van der Waals surface area contributed by atoms with Crippen LogP contribution in [-0.4, -0.2) is 77.4 Å². The van der Waals surface area contributed by atoms with E-state index in [-0.39, 0.29) is 5.91 Å². The summed E-state index contributed by atoms with van der Waals surface area (Å²) >= 11 is 0. The van der Waals surface area contributed by atoms with Gasteiger partial charge in [-0.15, -0.1) is 0 Å². The lowest BCUT2D eigenvalue weighted by atomic mass is 10.1. The molecular formula is C21H34N4O4+2. The van der Waals surface area contributed by atoms with Gasteiger partial charge in [0.2, 0.25) is 5.75 Å². The van der Waals surface area contributed by atoms with Crippen molar-refractivity contribution in [2.24, 2.45) is 0 Å². The minimum atomic E-state index is -0.784. The van der Waals surface area contributed by atoms with Crippen LogP contribution in [-0.2, 0) is 11.3 Å². The molecule has 8 nitrogen and oxygen atoms in total. The molecule has 1 aromatic carbocycles. The number of nitriles is 1. The van der Waals surface area contributed by atoms with E-state index >= 15 is 0 Å². The molecule has 0 aliphatic carbocycles. The van der Waals surface area contributed by atoms with E-state index in [0.29, 0.717) is 23.8 Å². The van der Waals surface area contributed by atoms with Crippen molar-refractivity contribution in [2.75, 3.05) is 61.1 Å². The maximum atomic E-state index is 12.5. The number of carbonyl (C=O) groups excluding carboxylic acids is 1. The predicted octanol–water partition coefficient (Wildman–Crippen LogP) is -1.24. The summed E-state index contributed by atoms with van der Waals surface area (Å²) in [7, 11) is 6.57. The van der Waals surface area contributed by atoms with E-state index in [0.717, 1.165) is 38.3 Å². The van der Waals surface area contributed by atoms with E-state index < -0.39 is 5.54 Å². The van der Waals surface area contributed by atoms with E-state index in [2.05, 4.69) is 6.07 Å². The van der Waals surface area contributed by atoms with Crippen LogP contribution in [0.3, 0.4) is 0 Å². The van der Waals surface area contributed by atoms with Crippen LogP contribution >= 0.6 is 0 Å². The third-order valence-electron chi connectivity index (χ3n) is 5.78. The Morgan fingerprint density at radius 3 is 2.17 bits per heavy atom. The molecule has 8 heteroatoms. The van der Waals surface area contributed by atoms with E-state index in [1.807, 2.05) is 12.1 Å². The zero-order chi connectivity index (χ0) is 21.6. The number of methoxy groups -OCH3 is 3. The standard InChI is InChI=1S/C21H32N4O4/c1-21(2,15-22)23(3)18(26)14-25-11-9-24(10-12-25)13-16-7-8-17(27-4)20(29-6)19(16)28-5/h7-8H,9-14H2,1-6H3/p+2. The zero-order valence-electron chi connectivity index (χ0n) is 18.4. The number of hydrogen-bond donors (Lipinski definition) is 2. The number of ether oxygens (including phenoxy) is 3. The van der Waals surface area contributed by atoms with E-state index in [1.54, 1.807) is 47.1 Å². The molecule has 2 N–H and O–H groups in total. The molecule has 160 valence electrons. The smallest absolute Gasteiger partial charge is 0.278 e. The number of quaternary nitrogens is 2. The minimum absolute atomic E-state index is 0.0107. The molecule has 1 aliphatic heterocycles. The Hall–Kier alpha value is -2.50. The van der Waals surface area contributed by atoms with Crippen molar-refractivity contribution in [3.8, 4) is 23.3 Å². The Balaban J connectivity index is 1.95. The van der Waals surface area contributed by atoms with Gasteiger partial charge in [0.25, 0.3) is 5.91 Å². The molecule has 1 heterocycles. The topological polar surface area (TPSA) is 80.7 Å². The Bertz CT molecular complexity index is 752. The molecule has 0 spiro atoms. The molecule has 2 rings (SSSR count). The van der Waals surface area contributed by atoms with Crippen molar-refractivity contribution < 1.29 is 28.8 Å². The number of benzene rings is 1. The molecule has 0 unspecified atom stereocenters. The summed E-state index contributed by atoms with van der Waals surface area (Å²) in [5, 5.41) is 9.23. The van der Waals surface area contributed by atoms with E-state index in [1.165, 1.54) is 9.80 Å². The number of nitrogens with one attached hydrogen (secondary N) is 2. The molecule has 1 aromatic rings. The highest BCUT2D eigenvalue weighted by Gasteiger charge is 2.32. The average Bonchev–Trinajstić information content (AvgIpc) is 2.73. The van der Waals surface area contributed by atoms with Gasteiger partial charge in [-0.3, -0.25) is 4.79 Å². The minimum Gasteiger partial charge on any atom is -0.493 e. The molecule has 1 fully saturated rings.